The zero-order valence-corrected chi connectivity index (χ0v) is 23.9. The molecule has 0 N–H and O–H groups in total. The first-order valence-corrected chi connectivity index (χ1v) is 15.8. The molecule has 0 atom stereocenters. The zero-order valence-electron chi connectivity index (χ0n) is 23.9. The molecule has 0 radical (unpaired) electrons. The summed E-state index contributed by atoms with van der Waals surface area (Å²) < 4.78 is 4.89. The number of nitrogens with zero attached hydrogens (tertiary/aromatic N) is 2. The topological polar surface area (TPSA) is 8.81 Å². The van der Waals surface area contributed by atoms with Crippen LogP contribution in [0.15, 0.2) is 12.4 Å². The third kappa shape index (κ3) is 17.6. The predicted molar refractivity (Wildman–Crippen MR) is 151 cm³/mol. The van der Waals surface area contributed by atoms with Crippen molar-refractivity contribution < 1.29 is 4.57 Å². The summed E-state index contributed by atoms with van der Waals surface area (Å²) in [6.07, 6.45) is 40.2. The Labute approximate surface area is 215 Å². The van der Waals surface area contributed by atoms with Gasteiger partial charge in [-0.2, -0.15) is 0 Å². The molecule has 0 aliphatic carbocycles. The van der Waals surface area contributed by atoms with Crippen LogP contribution in [-0.2, 0) is 20.0 Å². The van der Waals surface area contributed by atoms with Crippen LogP contribution in [0.25, 0.3) is 0 Å². The van der Waals surface area contributed by atoms with Crippen molar-refractivity contribution in [1.29, 1.82) is 0 Å². The lowest BCUT2D eigenvalue weighted by molar-refractivity contribution is -0.678. The fraction of sp³-hybridized carbons (Fsp3) is 0.906. The lowest BCUT2D eigenvalue weighted by atomic mass is 10.0. The molecular formula is C32H63N2+. The monoisotopic (exact) mass is 475 g/mol. The number of aryl methyl sites for hydroxylation is 2. The summed E-state index contributed by atoms with van der Waals surface area (Å²) in [5.74, 6) is 1.54. The van der Waals surface area contributed by atoms with Gasteiger partial charge in [-0.15, -0.1) is 0 Å². The van der Waals surface area contributed by atoms with Gasteiger partial charge in [0, 0.05) is 6.42 Å². The van der Waals surface area contributed by atoms with Gasteiger partial charge in [0.05, 0.1) is 13.6 Å². The highest BCUT2D eigenvalue weighted by atomic mass is 15.1. The molecule has 0 fully saturated rings. The fourth-order valence-electron chi connectivity index (χ4n) is 5.33. The Morgan fingerprint density at radius 3 is 1.26 bits per heavy atom. The smallest absolute Gasteiger partial charge is 0.237 e. The molecule has 2 nitrogen and oxygen atoms in total. The molecule has 0 amide bonds. The van der Waals surface area contributed by atoms with Gasteiger partial charge in [-0.1, -0.05) is 149 Å². The van der Waals surface area contributed by atoms with Crippen LogP contribution >= 0.6 is 0 Å². The van der Waals surface area contributed by atoms with Crippen molar-refractivity contribution >= 4 is 0 Å². The molecule has 0 saturated carbocycles. The first kappa shape index (κ1) is 31.2. The molecule has 0 bridgehead atoms. The van der Waals surface area contributed by atoms with E-state index >= 15 is 0 Å². The van der Waals surface area contributed by atoms with E-state index in [-0.39, 0.29) is 0 Å². The van der Waals surface area contributed by atoms with E-state index in [1.54, 1.807) is 0 Å². The highest BCUT2D eigenvalue weighted by Gasteiger charge is 2.13. The highest BCUT2D eigenvalue weighted by molar-refractivity contribution is 4.84. The number of hydrogen-bond acceptors (Lipinski definition) is 0. The number of aromatic nitrogens is 2. The van der Waals surface area contributed by atoms with Gasteiger partial charge in [0.15, 0.2) is 0 Å². The Kier molecular flexibility index (Phi) is 22.0. The number of imidazole rings is 1. The third-order valence-electron chi connectivity index (χ3n) is 7.72. The van der Waals surface area contributed by atoms with Gasteiger partial charge in [0.1, 0.15) is 12.4 Å². The SMILES string of the molecule is CCCCCCCCCCCCCCCCCn1cc[n+](C)c1CCCCCCCCCCC. The average molecular weight is 476 g/mol. The molecule has 1 rings (SSSR count). The normalized spacial score (nSPS) is 11.5. The van der Waals surface area contributed by atoms with Crippen molar-refractivity contribution in [2.75, 3.05) is 0 Å². The summed E-state index contributed by atoms with van der Waals surface area (Å²) >= 11 is 0. The van der Waals surface area contributed by atoms with Gasteiger partial charge in [0.25, 0.3) is 5.82 Å². The minimum Gasteiger partial charge on any atom is -0.237 e. The van der Waals surface area contributed by atoms with E-state index in [2.05, 4.69) is 42.4 Å². The summed E-state index contributed by atoms with van der Waals surface area (Å²) in [5, 5.41) is 0. The van der Waals surface area contributed by atoms with Gasteiger partial charge >= 0.3 is 0 Å². The molecule has 1 heterocycles. The van der Waals surface area contributed by atoms with Crippen LogP contribution in [0.4, 0.5) is 0 Å². The molecular weight excluding hydrogens is 412 g/mol. The van der Waals surface area contributed by atoms with Gasteiger partial charge < -0.3 is 0 Å². The maximum absolute atomic E-state index is 2.53. The summed E-state index contributed by atoms with van der Waals surface area (Å²) in [6.45, 7) is 5.82. The molecule has 34 heavy (non-hydrogen) atoms. The molecule has 0 unspecified atom stereocenters. The first-order valence-electron chi connectivity index (χ1n) is 15.8. The van der Waals surface area contributed by atoms with Crippen LogP contribution < -0.4 is 4.57 Å². The second-order valence-electron chi connectivity index (χ2n) is 11.0. The first-order chi connectivity index (χ1) is 16.8. The second-order valence-corrected chi connectivity index (χ2v) is 11.0. The Balaban J connectivity index is 1.94. The van der Waals surface area contributed by atoms with E-state index in [1.165, 1.54) is 173 Å². The van der Waals surface area contributed by atoms with Crippen LogP contribution in [0.1, 0.15) is 174 Å². The number of rotatable bonds is 26. The van der Waals surface area contributed by atoms with Crippen molar-refractivity contribution in [3.05, 3.63) is 18.2 Å². The lowest BCUT2D eigenvalue weighted by Gasteiger charge is -2.05. The summed E-state index contributed by atoms with van der Waals surface area (Å²) in [5.41, 5.74) is 0. The number of hydrogen-bond donors (Lipinski definition) is 0. The van der Waals surface area contributed by atoms with Gasteiger partial charge in [-0.25, -0.2) is 9.13 Å². The predicted octanol–water partition coefficient (Wildman–Crippen LogP) is 10.3. The Bertz CT molecular complexity index is 533. The Morgan fingerprint density at radius 2 is 0.853 bits per heavy atom. The Hall–Kier alpha value is -0.790. The minimum absolute atomic E-state index is 1.21. The van der Waals surface area contributed by atoms with E-state index in [1.807, 2.05) is 0 Å². The molecule has 0 aliphatic heterocycles. The quantitative estimate of drug-likeness (QED) is 0.0930. The summed E-state index contributed by atoms with van der Waals surface area (Å²) in [4.78, 5) is 0. The van der Waals surface area contributed by atoms with Crippen LogP contribution in [0.2, 0.25) is 0 Å². The maximum Gasteiger partial charge on any atom is 0.256 e. The van der Waals surface area contributed by atoms with E-state index in [0.717, 1.165) is 0 Å². The van der Waals surface area contributed by atoms with Crippen molar-refractivity contribution in [3.63, 3.8) is 0 Å². The minimum atomic E-state index is 1.21. The maximum atomic E-state index is 2.53. The molecule has 0 aliphatic rings. The highest BCUT2D eigenvalue weighted by Crippen LogP contribution is 2.14. The summed E-state index contributed by atoms with van der Waals surface area (Å²) in [6, 6.07) is 0. The van der Waals surface area contributed by atoms with E-state index < -0.39 is 0 Å². The average Bonchev–Trinajstić information content (AvgIpc) is 3.19. The third-order valence-corrected chi connectivity index (χ3v) is 7.72. The Morgan fingerprint density at radius 1 is 0.500 bits per heavy atom. The lowest BCUT2D eigenvalue weighted by Crippen LogP contribution is -2.32. The van der Waals surface area contributed by atoms with Gasteiger partial charge in [0.2, 0.25) is 0 Å². The second kappa shape index (κ2) is 23.9. The van der Waals surface area contributed by atoms with Crippen molar-refractivity contribution in [2.24, 2.45) is 7.05 Å². The van der Waals surface area contributed by atoms with Crippen LogP contribution in [0, 0.1) is 0 Å². The van der Waals surface area contributed by atoms with E-state index in [0.29, 0.717) is 0 Å². The fourth-order valence-corrected chi connectivity index (χ4v) is 5.33. The molecule has 2 heteroatoms. The van der Waals surface area contributed by atoms with E-state index in [4.69, 9.17) is 0 Å². The van der Waals surface area contributed by atoms with Crippen LogP contribution in [-0.4, -0.2) is 4.57 Å². The van der Waals surface area contributed by atoms with E-state index in [9.17, 15) is 0 Å². The molecule has 0 saturated heterocycles. The van der Waals surface area contributed by atoms with Gasteiger partial charge in [-0.05, 0) is 19.3 Å². The van der Waals surface area contributed by atoms with Crippen molar-refractivity contribution in [3.8, 4) is 0 Å². The van der Waals surface area contributed by atoms with Gasteiger partial charge in [-0.3, -0.25) is 0 Å². The van der Waals surface area contributed by atoms with Crippen molar-refractivity contribution in [1.82, 2.24) is 4.57 Å². The largest absolute Gasteiger partial charge is 0.256 e. The zero-order chi connectivity index (χ0) is 24.5. The molecule has 1 aromatic rings. The van der Waals surface area contributed by atoms with Crippen molar-refractivity contribution in [2.45, 2.75) is 181 Å². The molecule has 0 spiro atoms. The molecule has 200 valence electrons. The standard InChI is InChI=1S/C32H63N2/c1-4-6-8-10-12-14-15-16-17-18-19-21-23-25-27-29-34-31-30-33(3)32(34)28-26-24-22-20-13-11-9-7-5-2/h30-31H,4-29H2,1-3H3/q+1. The van der Waals surface area contributed by atoms with Crippen LogP contribution in [0.3, 0.4) is 0 Å². The summed E-state index contributed by atoms with van der Waals surface area (Å²) in [7, 11) is 2.23. The molecule has 1 aromatic heterocycles. The number of unbranched alkanes of at least 4 members (excludes halogenated alkanes) is 22. The van der Waals surface area contributed by atoms with Crippen LogP contribution in [0.5, 0.6) is 0 Å². The molecule has 0 aromatic carbocycles.